The first kappa shape index (κ1) is 11.5. The van der Waals surface area contributed by atoms with Crippen LogP contribution in [0.3, 0.4) is 0 Å². The quantitative estimate of drug-likeness (QED) is 0.313. The molecular weight excluding hydrogens is 135 g/mol. The molecule has 0 fully saturated rings. The molecule has 4 nitrogen and oxygen atoms in total. The summed E-state index contributed by atoms with van der Waals surface area (Å²) in [6.45, 7) is 0. The predicted molar refractivity (Wildman–Crippen MR) is 25.5 cm³/mol. The Kier molecular flexibility index (Phi) is 7.41. The Morgan fingerprint density at radius 2 is 1.33 bits per heavy atom. The van der Waals surface area contributed by atoms with Gasteiger partial charge in [0.25, 0.3) is 0 Å². The molecule has 0 aliphatic carbocycles. The predicted octanol–water partition coefficient (Wildman–Crippen LogP) is -3.17. The standard InChI is InChI=1S/C4H4O4.Na.H/c5-3(6)1-2-4(7)8;;/h1-2H,(H,5,6)(H,7,8);;/q;+1;-1/b2-1-;;. The fourth-order valence-corrected chi connectivity index (χ4v) is 0.143. The number of aliphatic carboxylic acids is 2. The van der Waals surface area contributed by atoms with E-state index in [0.29, 0.717) is 12.2 Å². The van der Waals surface area contributed by atoms with Gasteiger partial charge in [0.05, 0.1) is 0 Å². The molecule has 0 saturated heterocycles. The zero-order chi connectivity index (χ0) is 6.57. The largest absolute Gasteiger partial charge is 1.00 e. The van der Waals surface area contributed by atoms with E-state index in [1.165, 1.54) is 0 Å². The van der Waals surface area contributed by atoms with Crippen LogP contribution < -0.4 is 29.6 Å². The molecule has 9 heavy (non-hydrogen) atoms. The van der Waals surface area contributed by atoms with Crippen LogP contribution in [0.2, 0.25) is 0 Å². The topological polar surface area (TPSA) is 74.6 Å². The Hall–Kier alpha value is -0.320. The van der Waals surface area contributed by atoms with Crippen LogP contribution in [-0.4, -0.2) is 22.2 Å². The van der Waals surface area contributed by atoms with Crippen LogP contribution in [0.15, 0.2) is 12.2 Å². The van der Waals surface area contributed by atoms with Crippen LogP contribution in [0.4, 0.5) is 0 Å². The summed E-state index contributed by atoms with van der Waals surface area (Å²) in [6, 6.07) is 0. The molecule has 0 aliphatic rings. The fraction of sp³-hybridized carbons (Fsp3) is 0. The van der Waals surface area contributed by atoms with Gasteiger partial charge in [-0.05, 0) is 0 Å². The number of hydrogen-bond acceptors (Lipinski definition) is 2. The second kappa shape index (κ2) is 5.81. The monoisotopic (exact) mass is 140 g/mol. The normalized spacial score (nSPS) is 8.44. The van der Waals surface area contributed by atoms with E-state index in [1.54, 1.807) is 0 Å². The van der Waals surface area contributed by atoms with Crippen LogP contribution in [0.1, 0.15) is 1.43 Å². The van der Waals surface area contributed by atoms with Crippen molar-refractivity contribution >= 4 is 11.9 Å². The molecule has 0 radical (unpaired) electrons. The summed E-state index contributed by atoms with van der Waals surface area (Å²) in [6.07, 6.45) is 1.12. The van der Waals surface area contributed by atoms with E-state index in [9.17, 15) is 9.59 Å². The first-order valence-electron chi connectivity index (χ1n) is 1.77. The SMILES string of the molecule is O=C(O)/C=C\C(=O)O.[H-].[Na+]. The Morgan fingerprint density at radius 3 is 1.44 bits per heavy atom. The smallest absolute Gasteiger partial charge is 1.00 e. The summed E-state index contributed by atoms with van der Waals surface area (Å²) in [5.41, 5.74) is 0. The minimum atomic E-state index is -1.26. The number of carboxylic acids is 2. The van der Waals surface area contributed by atoms with Gasteiger partial charge in [0.15, 0.2) is 0 Å². The van der Waals surface area contributed by atoms with Crippen LogP contribution in [0, 0.1) is 0 Å². The van der Waals surface area contributed by atoms with Gasteiger partial charge in [-0.2, -0.15) is 0 Å². The first-order chi connectivity index (χ1) is 3.63. The first-order valence-corrected chi connectivity index (χ1v) is 1.77. The van der Waals surface area contributed by atoms with Crippen molar-refractivity contribution in [1.82, 2.24) is 0 Å². The Labute approximate surface area is 75.0 Å². The van der Waals surface area contributed by atoms with Crippen molar-refractivity contribution in [2.75, 3.05) is 0 Å². The van der Waals surface area contributed by atoms with Gasteiger partial charge >= 0.3 is 41.5 Å². The van der Waals surface area contributed by atoms with Gasteiger partial charge in [0.1, 0.15) is 0 Å². The molecule has 0 saturated carbocycles. The van der Waals surface area contributed by atoms with Crippen molar-refractivity contribution in [3.8, 4) is 0 Å². The number of rotatable bonds is 2. The van der Waals surface area contributed by atoms with Gasteiger partial charge in [0, 0.05) is 12.2 Å². The van der Waals surface area contributed by atoms with Crippen molar-refractivity contribution in [2.24, 2.45) is 0 Å². The van der Waals surface area contributed by atoms with E-state index >= 15 is 0 Å². The maximum absolute atomic E-state index is 9.55. The minimum absolute atomic E-state index is 0. The number of hydrogen-bond donors (Lipinski definition) is 2. The Bertz CT molecular complexity index is 128. The van der Waals surface area contributed by atoms with Gasteiger partial charge in [-0.15, -0.1) is 0 Å². The third kappa shape index (κ3) is 11.3. The van der Waals surface area contributed by atoms with Gasteiger partial charge in [-0.25, -0.2) is 9.59 Å². The van der Waals surface area contributed by atoms with Crippen LogP contribution in [0.25, 0.3) is 0 Å². The fourth-order valence-electron chi connectivity index (χ4n) is 0.143. The molecule has 0 rings (SSSR count). The summed E-state index contributed by atoms with van der Waals surface area (Å²) in [5, 5.41) is 15.6. The summed E-state index contributed by atoms with van der Waals surface area (Å²) >= 11 is 0. The molecule has 5 heteroatoms. The third-order valence-electron chi connectivity index (χ3n) is 0.368. The van der Waals surface area contributed by atoms with Crippen molar-refractivity contribution in [3.05, 3.63) is 12.2 Å². The summed E-state index contributed by atoms with van der Waals surface area (Å²) in [5.74, 6) is -2.51. The molecule has 0 amide bonds. The number of carboxylic acid groups (broad SMARTS) is 2. The van der Waals surface area contributed by atoms with Gasteiger partial charge in [-0.1, -0.05) is 0 Å². The maximum atomic E-state index is 9.55. The van der Waals surface area contributed by atoms with Crippen molar-refractivity contribution < 1.29 is 50.8 Å². The molecule has 0 aromatic carbocycles. The molecule has 0 aliphatic heterocycles. The molecule has 2 N–H and O–H groups in total. The van der Waals surface area contributed by atoms with Crippen LogP contribution >= 0.6 is 0 Å². The van der Waals surface area contributed by atoms with E-state index in [2.05, 4.69) is 0 Å². The van der Waals surface area contributed by atoms with Crippen molar-refractivity contribution in [1.29, 1.82) is 0 Å². The van der Waals surface area contributed by atoms with Crippen molar-refractivity contribution in [3.63, 3.8) is 0 Å². The molecule has 0 spiro atoms. The van der Waals surface area contributed by atoms with E-state index in [0.717, 1.165) is 0 Å². The summed E-state index contributed by atoms with van der Waals surface area (Å²) < 4.78 is 0. The van der Waals surface area contributed by atoms with Gasteiger partial charge in [0.2, 0.25) is 0 Å². The van der Waals surface area contributed by atoms with Crippen LogP contribution in [0.5, 0.6) is 0 Å². The summed E-state index contributed by atoms with van der Waals surface area (Å²) in [4.78, 5) is 19.1. The van der Waals surface area contributed by atoms with Gasteiger partial charge < -0.3 is 11.6 Å². The Balaban J connectivity index is -0.000000245. The zero-order valence-corrected chi connectivity index (χ0v) is 6.87. The third-order valence-corrected chi connectivity index (χ3v) is 0.368. The molecule has 0 atom stereocenters. The molecule has 0 aromatic heterocycles. The van der Waals surface area contributed by atoms with E-state index in [1.807, 2.05) is 0 Å². The minimum Gasteiger partial charge on any atom is -1.00 e. The van der Waals surface area contributed by atoms with Crippen LogP contribution in [-0.2, 0) is 9.59 Å². The van der Waals surface area contributed by atoms with E-state index in [-0.39, 0.29) is 31.0 Å². The molecule has 0 heterocycles. The number of carbonyl (C=O) groups is 2. The average Bonchev–Trinajstić information content (AvgIpc) is 1.61. The molecule has 0 bridgehead atoms. The average molecular weight is 140 g/mol. The Morgan fingerprint density at radius 1 is 1.11 bits per heavy atom. The summed E-state index contributed by atoms with van der Waals surface area (Å²) in [7, 11) is 0. The molecular formula is C4H5NaO4. The molecule has 0 aromatic rings. The van der Waals surface area contributed by atoms with E-state index < -0.39 is 11.9 Å². The second-order valence-electron chi connectivity index (χ2n) is 1.01. The van der Waals surface area contributed by atoms with Gasteiger partial charge in [-0.3, -0.25) is 0 Å². The maximum Gasteiger partial charge on any atom is 1.00 e. The zero-order valence-electron chi connectivity index (χ0n) is 5.87. The van der Waals surface area contributed by atoms with E-state index in [4.69, 9.17) is 10.2 Å². The second-order valence-corrected chi connectivity index (χ2v) is 1.01. The molecule has 46 valence electrons. The van der Waals surface area contributed by atoms with Crippen molar-refractivity contribution in [2.45, 2.75) is 0 Å². The molecule has 0 unspecified atom stereocenters.